The minimum atomic E-state index is -0.243. The van der Waals surface area contributed by atoms with E-state index in [1.54, 1.807) is 13.1 Å². The molecule has 0 aliphatic carbocycles. The monoisotopic (exact) mass is 471 g/mol. The first-order valence-electron chi connectivity index (χ1n) is 6.69. The third-order valence-corrected chi connectivity index (χ3v) is 3.97. The number of rotatable bonds is 4. The highest BCUT2D eigenvalue weighted by Crippen LogP contribution is 2.17. The van der Waals surface area contributed by atoms with E-state index in [0.717, 1.165) is 36.0 Å². The molecular weight excluding hydrogens is 452 g/mol. The van der Waals surface area contributed by atoms with Crippen molar-refractivity contribution in [1.29, 1.82) is 0 Å². The fourth-order valence-electron chi connectivity index (χ4n) is 2.09. The van der Waals surface area contributed by atoms with Crippen molar-refractivity contribution < 1.29 is 9.13 Å². The minimum absolute atomic E-state index is 0. The highest BCUT2D eigenvalue weighted by molar-refractivity contribution is 14.0. The summed E-state index contributed by atoms with van der Waals surface area (Å²) in [5.74, 6) is 0.448. The van der Waals surface area contributed by atoms with E-state index in [4.69, 9.17) is 4.74 Å². The molecule has 1 unspecified atom stereocenters. The molecule has 4 nitrogen and oxygen atoms in total. The van der Waals surface area contributed by atoms with Crippen LogP contribution in [0, 0.1) is 5.82 Å². The molecule has 1 saturated heterocycles. The molecule has 2 rings (SSSR count). The molecule has 21 heavy (non-hydrogen) atoms. The van der Waals surface area contributed by atoms with Crippen LogP contribution in [0.4, 0.5) is 4.39 Å². The lowest BCUT2D eigenvalue weighted by molar-refractivity contribution is 0.114. The lowest BCUT2D eigenvalue weighted by atomic mass is 10.2. The van der Waals surface area contributed by atoms with Crippen LogP contribution in [0.2, 0.25) is 0 Å². The normalized spacial score (nSPS) is 18.2. The third-order valence-electron chi connectivity index (χ3n) is 3.20. The summed E-state index contributed by atoms with van der Waals surface area (Å²) in [6, 6.07) is 4.64. The van der Waals surface area contributed by atoms with Gasteiger partial charge in [0, 0.05) is 31.2 Å². The SMILES string of the molecule is CN=C(NCc1cc(F)ccc1Br)NCC1CCCO1.I. The molecule has 1 atom stereocenters. The zero-order chi connectivity index (χ0) is 14.4. The Morgan fingerprint density at radius 2 is 2.29 bits per heavy atom. The van der Waals surface area contributed by atoms with Gasteiger partial charge >= 0.3 is 0 Å². The maximum atomic E-state index is 13.2. The predicted molar refractivity (Wildman–Crippen MR) is 96.7 cm³/mol. The number of aliphatic imine (C=N–C) groups is 1. The summed E-state index contributed by atoms with van der Waals surface area (Å²) >= 11 is 3.41. The van der Waals surface area contributed by atoms with Gasteiger partial charge in [-0.25, -0.2) is 4.39 Å². The first-order valence-corrected chi connectivity index (χ1v) is 7.48. The van der Waals surface area contributed by atoms with Crippen LogP contribution >= 0.6 is 39.9 Å². The Hall–Kier alpha value is -0.410. The first kappa shape index (κ1) is 18.6. The molecular formula is C14H20BrFIN3O. The Balaban J connectivity index is 0.00000220. The number of hydrogen-bond acceptors (Lipinski definition) is 2. The molecule has 0 aromatic heterocycles. The molecule has 0 amide bonds. The Morgan fingerprint density at radius 3 is 2.95 bits per heavy atom. The second kappa shape index (κ2) is 9.58. The number of nitrogens with zero attached hydrogens (tertiary/aromatic N) is 1. The quantitative estimate of drug-likeness (QED) is 0.403. The second-order valence-corrected chi connectivity index (χ2v) is 5.53. The molecule has 0 bridgehead atoms. The van der Waals surface area contributed by atoms with Crippen molar-refractivity contribution in [3.63, 3.8) is 0 Å². The standard InChI is InChI=1S/C14H19BrFN3O.HI/c1-17-14(19-9-12-3-2-6-20-12)18-8-10-7-11(16)4-5-13(10)15;/h4-5,7,12H,2-3,6,8-9H2,1H3,(H2,17,18,19);1H. The molecule has 1 heterocycles. The van der Waals surface area contributed by atoms with Crippen LogP contribution in [-0.4, -0.2) is 32.3 Å². The van der Waals surface area contributed by atoms with E-state index in [1.165, 1.54) is 12.1 Å². The summed E-state index contributed by atoms with van der Waals surface area (Å²) < 4.78 is 19.6. The van der Waals surface area contributed by atoms with Crippen molar-refractivity contribution in [2.45, 2.75) is 25.5 Å². The molecule has 0 radical (unpaired) electrons. The van der Waals surface area contributed by atoms with Gasteiger partial charge < -0.3 is 15.4 Å². The Labute approximate surface area is 150 Å². The number of benzene rings is 1. The van der Waals surface area contributed by atoms with Gasteiger partial charge in [0.25, 0.3) is 0 Å². The summed E-state index contributed by atoms with van der Waals surface area (Å²) in [5.41, 5.74) is 0.852. The van der Waals surface area contributed by atoms with Crippen LogP contribution in [0.3, 0.4) is 0 Å². The Bertz CT molecular complexity index is 481. The van der Waals surface area contributed by atoms with Crippen LogP contribution < -0.4 is 10.6 Å². The molecule has 0 spiro atoms. The molecule has 1 aliphatic heterocycles. The number of hydrogen-bond donors (Lipinski definition) is 2. The number of nitrogens with one attached hydrogen (secondary N) is 2. The average Bonchev–Trinajstić information content (AvgIpc) is 2.96. The van der Waals surface area contributed by atoms with Gasteiger partial charge in [-0.05, 0) is 36.6 Å². The van der Waals surface area contributed by atoms with Crippen molar-refractivity contribution in [2.75, 3.05) is 20.2 Å². The van der Waals surface area contributed by atoms with E-state index >= 15 is 0 Å². The molecule has 1 aromatic carbocycles. The molecule has 7 heteroatoms. The number of ether oxygens (including phenoxy) is 1. The van der Waals surface area contributed by atoms with E-state index in [9.17, 15) is 4.39 Å². The van der Waals surface area contributed by atoms with Gasteiger partial charge in [-0.15, -0.1) is 24.0 Å². The molecule has 1 aliphatic rings. The smallest absolute Gasteiger partial charge is 0.191 e. The molecule has 1 fully saturated rings. The molecule has 118 valence electrons. The van der Waals surface area contributed by atoms with Crippen LogP contribution in [0.1, 0.15) is 18.4 Å². The van der Waals surface area contributed by atoms with Gasteiger partial charge in [0.2, 0.25) is 0 Å². The highest BCUT2D eigenvalue weighted by atomic mass is 127. The van der Waals surface area contributed by atoms with Gasteiger partial charge in [0.1, 0.15) is 5.82 Å². The molecule has 1 aromatic rings. The number of guanidine groups is 1. The topological polar surface area (TPSA) is 45.7 Å². The maximum Gasteiger partial charge on any atom is 0.191 e. The van der Waals surface area contributed by atoms with E-state index < -0.39 is 0 Å². The predicted octanol–water partition coefficient (Wildman–Crippen LogP) is 3.05. The lowest BCUT2D eigenvalue weighted by Gasteiger charge is -2.15. The van der Waals surface area contributed by atoms with Gasteiger partial charge in [-0.3, -0.25) is 4.99 Å². The Kier molecular flexibility index (Phi) is 8.50. The van der Waals surface area contributed by atoms with Crippen molar-refractivity contribution in [1.82, 2.24) is 10.6 Å². The lowest BCUT2D eigenvalue weighted by Crippen LogP contribution is -2.40. The minimum Gasteiger partial charge on any atom is -0.376 e. The van der Waals surface area contributed by atoms with Crippen LogP contribution in [0.5, 0.6) is 0 Å². The van der Waals surface area contributed by atoms with Gasteiger partial charge in [0.05, 0.1) is 6.10 Å². The zero-order valence-corrected chi connectivity index (χ0v) is 15.8. The van der Waals surface area contributed by atoms with E-state index in [2.05, 4.69) is 31.6 Å². The highest BCUT2D eigenvalue weighted by Gasteiger charge is 2.15. The van der Waals surface area contributed by atoms with Crippen molar-refractivity contribution in [3.05, 3.63) is 34.1 Å². The maximum absolute atomic E-state index is 13.2. The first-order chi connectivity index (χ1) is 9.69. The molecule has 0 saturated carbocycles. The van der Waals surface area contributed by atoms with Crippen molar-refractivity contribution in [3.8, 4) is 0 Å². The van der Waals surface area contributed by atoms with Crippen LogP contribution in [0.25, 0.3) is 0 Å². The summed E-state index contributed by atoms with van der Waals surface area (Å²) in [6.45, 7) is 2.09. The summed E-state index contributed by atoms with van der Waals surface area (Å²) in [4.78, 5) is 4.15. The average molecular weight is 472 g/mol. The second-order valence-electron chi connectivity index (χ2n) is 4.68. The van der Waals surface area contributed by atoms with Gasteiger partial charge in [-0.1, -0.05) is 15.9 Å². The summed E-state index contributed by atoms with van der Waals surface area (Å²) in [6.07, 6.45) is 2.46. The van der Waals surface area contributed by atoms with Gasteiger partial charge in [0.15, 0.2) is 5.96 Å². The van der Waals surface area contributed by atoms with Crippen LogP contribution in [-0.2, 0) is 11.3 Å². The van der Waals surface area contributed by atoms with Crippen molar-refractivity contribution in [2.24, 2.45) is 4.99 Å². The van der Waals surface area contributed by atoms with E-state index in [-0.39, 0.29) is 35.9 Å². The Morgan fingerprint density at radius 1 is 1.48 bits per heavy atom. The zero-order valence-electron chi connectivity index (χ0n) is 11.9. The fraction of sp³-hybridized carbons (Fsp3) is 0.500. The summed E-state index contributed by atoms with van der Waals surface area (Å²) in [7, 11) is 1.71. The third kappa shape index (κ3) is 6.07. The molecule has 2 N–H and O–H groups in total. The van der Waals surface area contributed by atoms with Gasteiger partial charge in [-0.2, -0.15) is 0 Å². The number of halogens is 3. The van der Waals surface area contributed by atoms with E-state index in [1.807, 2.05) is 0 Å². The fourth-order valence-corrected chi connectivity index (χ4v) is 2.48. The summed E-state index contributed by atoms with van der Waals surface area (Å²) in [5, 5.41) is 6.38. The van der Waals surface area contributed by atoms with Crippen molar-refractivity contribution >= 4 is 45.9 Å². The largest absolute Gasteiger partial charge is 0.376 e. The van der Waals surface area contributed by atoms with Crippen LogP contribution in [0.15, 0.2) is 27.7 Å². The van der Waals surface area contributed by atoms with E-state index in [0.29, 0.717) is 12.5 Å².